The molecule has 0 amide bonds. The van der Waals surface area contributed by atoms with Gasteiger partial charge in [0, 0.05) is 21.1 Å². The standard InChI is InChI=1S/C8H18B.W/c1-5-8(2)6-7-9(3)4;/h5,8H,6-7H2,1-4H3;/q-1;. The summed E-state index contributed by atoms with van der Waals surface area (Å²) in [6.45, 7) is 9.85. The van der Waals surface area contributed by atoms with E-state index in [1.165, 1.54) is 12.7 Å². The Kier molecular flexibility index (Phi) is 10.5. The molecule has 0 spiro atoms. The first-order valence-corrected chi connectivity index (χ1v) is 3.96. The Morgan fingerprint density at radius 2 is 1.90 bits per heavy atom. The summed E-state index contributed by atoms with van der Waals surface area (Å²) in [5.74, 6) is 0.812. The minimum atomic E-state index is 0. The summed E-state index contributed by atoms with van der Waals surface area (Å²) in [6, 6.07) is 0. The molecule has 0 nitrogen and oxygen atoms in total. The van der Waals surface area contributed by atoms with Gasteiger partial charge < -0.3 is 6.42 Å². The third-order valence-corrected chi connectivity index (χ3v) is 1.77. The summed E-state index contributed by atoms with van der Waals surface area (Å²) in [4.78, 5) is 0. The fraction of sp³-hybridized carbons (Fsp3) is 0.875. The van der Waals surface area contributed by atoms with Crippen molar-refractivity contribution >= 4 is 6.71 Å². The van der Waals surface area contributed by atoms with E-state index < -0.39 is 0 Å². The van der Waals surface area contributed by atoms with Gasteiger partial charge in [0.25, 0.3) is 0 Å². The van der Waals surface area contributed by atoms with E-state index in [0.29, 0.717) is 0 Å². The van der Waals surface area contributed by atoms with E-state index in [1.807, 2.05) is 0 Å². The van der Waals surface area contributed by atoms with Gasteiger partial charge in [-0.1, -0.05) is 33.3 Å². The molecule has 2 heteroatoms. The third-order valence-electron chi connectivity index (χ3n) is 1.77. The Morgan fingerprint density at radius 1 is 1.40 bits per heavy atom. The Labute approximate surface area is 80.5 Å². The SMILES string of the molecule is C[CH-]C(C)CCB(C)C.[W]. The van der Waals surface area contributed by atoms with Gasteiger partial charge in [0.1, 0.15) is 6.71 Å². The summed E-state index contributed by atoms with van der Waals surface area (Å²) in [5, 5.41) is 0. The zero-order chi connectivity index (χ0) is 7.28. The topological polar surface area (TPSA) is 0 Å². The molecule has 60 valence electrons. The molecule has 1 unspecified atom stereocenters. The molecule has 0 radical (unpaired) electrons. The Bertz CT molecular complexity index is 64.3. The molecular formula is C8H18BW-. The van der Waals surface area contributed by atoms with Crippen LogP contribution in [0.2, 0.25) is 20.0 Å². The van der Waals surface area contributed by atoms with Gasteiger partial charge in [-0.25, -0.2) is 0 Å². The Hall–Kier alpha value is 0.753. The minimum Gasteiger partial charge on any atom is -0.329 e. The maximum Gasteiger partial charge on any atom is 0.133 e. The van der Waals surface area contributed by atoms with E-state index in [4.69, 9.17) is 0 Å². The second-order valence-corrected chi connectivity index (χ2v) is 3.28. The molecule has 0 bridgehead atoms. The van der Waals surface area contributed by atoms with Crippen LogP contribution in [0.4, 0.5) is 0 Å². The van der Waals surface area contributed by atoms with Crippen molar-refractivity contribution in [1.82, 2.24) is 0 Å². The summed E-state index contributed by atoms with van der Waals surface area (Å²) < 4.78 is 0. The van der Waals surface area contributed by atoms with E-state index in [1.54, 1.807) is 0 Å². The van der Waals surface area contributed by atoms with Crippen LogP contribution < -0.4 is 0 Å². The first kappa shape index (κ1) is 13.4. The molecule has 0 heterocycles. The van der Waals surface area contributed by atoms with Gasteiger partial charge in [0.2, 0.25) is 0 Å². The molecule has 0 saturated heterocycles. The molecule has 0 aromatic carbocycles. The molecule has 10 heavy (non-hydrogen) atoms. The van der Waals surface area contributed by atoms with Crippen molar-refractivity contribution in [3.05, 3.63) is 6.42 Å². The van der Waals surface area contributed by atoms with Crippen LogP contribution in [0.5, 0.6) is 0 Å². The van der Waals surface area contributed by atoms with Gasteiger partial charge in [-0.15, -0.1) is 0 Å². The minimum absolute atomic E-state index is 0. The predicted molar refractivity (Wildman–Crippen MR) is 46.0 cm³/mol. The van der Waals surface area contributed by atoms with Crippen molar-refractivity contribution in [2.45, 2.75) is 40.2 Å². The van der Waals surface area contributed by atoms with E-state index >= 15 is 0 Å². The third kappa shape index (κ3) is 8.75. The maximum absolute atomic E-state index is 2.28. The van der Waals surface area contributed by atoms with Gasteiger partial charge in [-0.2, -0.15) is 12.8 Å². The number of hydrogen-bond acceptors (Lipinski definition) is 0. The summed E-state index contributed by atoms with van der Waals surface area (Å²) >= 11 is 0. The average molecular weight is 309 g/mol. The van der Waals surface area contributed by atoms with Gasteiger partial charge in [0.15, 0.2) is 0 Å². The van der Waals surface area contributed by atoms with Crippen molar-refractivity contribution in [3.8, 4) is 0 Å². The first-order chi connectivity index (χ1) is 4.16. The van der Waals surface area contributed by atoms with E-state index in [9.17, 15) is 0 Å². The predicted octanol–water partition coefficient (Wildman–Crippen LogP) is 2.99. The van der Waals surface area contributed by atoms with Crippen molar-refractivity contribution in [1.29, 1.82) is 0 Å². The zero-order valence-corrected chi connectivity index (χ0v) is 10.5. The molecule has 0 aromatic rings. The van der Waals surface area contributed by atoms with Crippen LogP contribution in [0.3, 0.4) is 0 Å². The summed E-state index contributed by atoms with van der Waals surface area (Å²) in [7, 11) is 0. The van der Waals surface area contributed by atoms with E-state index in [0.717, 1.165) is 12.6 Å². The quantitative estimate of drug-likeness (QED) is 0.553. The molecule has 0 aliphatic heterocycles. The van der Waals surface area contributed by atoms with Gasteiger partial charge >= 0.3 is 0 Å². The van der Waals surface area contributed by atoms with Crippen LogP contribution in [-0.2, 0) is 21.1 Å². The molecule has 0 N–H and O–H groups in total. The zero-order valence-electron chi connectivity index (χ0n) is 7.55. The van der Waals surface area contributed by atoms with Crippen molar-refractivity contribution in [2.75, 3.05) is 0 Å². The van der Waals surface area contributed by atoms with E-state index in [-0.39, 0.29) is 21.1 Å². The summed E-state index contributed by atoms with van der Waals surface area (Å²) in [6.07, 6.45) is 5.00. The van der Waals surface area contributed by atoms with Crippen LogP contribution in [0, 0.1) is 12.3 Å². The van der Waals surface area contributed by atoms with Crippen molar-refractivity contribution in [2.24, 2.45) is 5.92 Å². The van der Waals surface area contributed by atoms with Crippen LogP contribution in [0.15, 0.2) is 0 Å². The molecule has 0 aliphatic carbocycles. The molecule has 0 aliphatic rings. The van der Waals surface area contributed by atoms with Crippen LogP contribution >= 0.6 is 0 Å². The maximum atomic E-state index is 2.28. The molecule has 0 saturated carbocycles. The van der Waals surface area contributed by atoms with Crippen molar-refractivity contribution < 1.29 is 21.1 Å². The Morgan fingerprint density at radius 3 is 2.20 bits per heavy atom. The van der Waals surface area contributed by atoms with Gasteiger partial charge in [-0.3, -0.25) is 0 Å². The number of hydrogen-bond donors (Lipinski definition) is 0. The molecule has 0 fully saturated rings. The molecule has 0 rings (SSSR count). The Balaban J connectivity index is 0. The van der Waals surface area contributed by atoms with Crippen LogP contribution in [-0.4, -0.2) is 6.71 Å². The fourth-order valence-corrected chi connectivity index (χ4v) is 0.763. The first-order valence-electron chi connectivity index (χ1n) is 3.96. The monoisotopic (exact) mass is 309 g/mol. The van der Waals surface area contributed by atoms with Crippen molar-refractivity contribution in [3.63, 3.8) is 0 Å². The number of rotatable bonds is 4. The normalized spacial score (nSPS) is 12.0. The molecular weight excluding hydrogens is 291 g/mol. The largest absolute Gasteiger partial charge is 0.329 e. The second-order valence-electron chi connectivity index (χ2n) is 3.28. The fourth-order valence-electron chi connectivity index (χ4n) is 0.763. The molecule has 0 aromatic heterocycles. The second kappa shape index (κ2) is 7.86. The van der Waals surface area contributed by atoms with Gasteiger partial charge in [-0.05, 0) is 0 Å². The smallest absolute Gasteiger partial charge is 0.133 e. The van der Waals surface area contributed by atoms with E-state index in [2.05, 4.69) is 33.9 Å². The summed E-state index contributed by atoms with van der Waals surface area (Å²) in [5.41, 5.74) is 0. The van der Waals surface area contributed by atoms with Crippen LogP contribution in [0.1, 0.15) is 20.3 Å². The average Bonchev–Trinajstić information content (AvgIpc) is 1.83. The van der Waals surface area contributed by atoms with Gasteiger partial charge in [0.05, 0.1) is 0 Å². The molecule has 1 atom stereocenters. The van der Waals surface area contributed by atoms with Crippen LogP contribution in [0.25, 0.3) is 0 Å².